The van der Waals surface area contributed by atoms with Crippen LogP contribution in [0.3, 0.4) is 0 Å². The van der Waals surface area contributed by atoms with Crippen LogP contribution in [0, 0.1) is 5.92 Å². The highest BCUT2D eigenvalue weighted by atomic mass is 35.5. The van der Waals surface area contributed by atoms with E-state index in [2.05, 4.69) is 5.32 Å². The lowest BCUT2D eigenvalue weighted by Gasteiger charge is -2.37. The summed E-state index contributed by atoms with van der Waals surface area (Å²) in [7, 11) is 0. The van der Waals surface area contributed by atoms with Gasteiger partial charge in [0.2, 0.25) is 5.91 Å². The molecule has 0 radical (unpaired) electrons. The molecule has 2 aliphatic rings. The van der Waals surface area contributed by atoms with Gasteiger partial charge >= 0.3 is 0 Å². The summed E-state index contributed by atoms with van der Waals surface area (Å²) in [6.07, 6.45) is 3.33. The van der Waals surface area contributed by atoms with Crippen molar-refractivity contribution in [2.75, 3.05) is 26.2 Å². The molecule has 0 spiro atoms. The molecule has 3 amide bonds. The van der Waals surface area contributed by atoms with Crippen LogP contribution in [-0.2, 0) is 4.79 Å². The maximum atomic E-state index is 13.3. The van der Waals surface area contributed by atoms with Gasteiger partial charge in [0.25, 0.3) is 11.8 Å². The molecule has 7 heteroatoms. The number of nitrogens with zero attached hydrogens (tertiary/aromatic N) is 2. The van der Waals surface area contributed by atoms with Crippen molar-refractivity contribution in [3.63, 3.8) is 0 Å². The normalized spacial score (nSPS) is 17.8. The lowest BCUT2D eigenvalue weighted by Crippen LogP contribution is -2.54. The molecule has 2 aromatic rings. The molecule has 0 aliphatic carbocycles. The van der Waals surface area contributed by atoms with E-state index in [1.807, 2.05) is 28.0 Å². The van der Waals surface area contributed by atoms with Gasteiger partial charge in [-0.05, 0) is 68.0 Å². The molecule has 4 rings (SSSR count). The van der Waals surface area contributed by atoms with Gasteiger partial charge < -0.3 is 15.1 Å². The molecular weight excluding hydrogens is 426 g/mol. The van der Waals surface area contributed by atoms with Crippen molar-refractivity contribution in [2.45, 2.75) is 31.7 Å². The van der Waals surface area contributed by atoms with Gasteiger partial charge in [-0.15, -0.1) is 0 Å². The van der Waals surface area contributed by atoms with Gasteiger partial charge in [0, 0.05) is 42.3 Å². The van der Waals surface area contributed by atoms with E-state index in [4.69, 9.17) is 11.6 Å². The van der Waals surface area contributed by atoms with E-state index in [0.29, 0.717) is 42.1 Å². The standard InChI is InChI=1S/C25H28ClN3O3/c26-21-10-8-20(9-11-21)24(31)29-16-12-18(13-17-29)22(25(32)28-14-4-5-15-28)27-23(30)19-6-2-1-3-7-19/h1-3,6-11,18,22H,4-5,12-17H2,(H,27,30)/t22-/m0/s1. The average Bonchev–Trinajstić information content (AvgIpc) is 3.38. The molecule has 2 saturated heterocycles. The summed E-state index contributed by atoms with van der Waals surface area (Å²) >= 11 is 5.93. The lowest BCUT2D eigenvalue weighted by atomic mass is 9.88. The highest BCUT2D eigenvalue weighted by Gasteiger charge is 2.37. The van der Waals surface area contributed by atoms with Crippen molar-refractivity contribution in [1.29, 1.82) is 0 Å². The van der Waals surface area contributed by atoms with Gasteiger partial charge in [0.1, 0.15) is 6.04 Å². The zero-order valence-corrected chi connectivity index (χ0v) is 18.8. The number of nitrogens with one attached hydrogen (secondary N) is 1. The van der Waals surface area contributed by atoms with Crippen molar-refractivity contribution in [1.82, 2.24) is 15.1 Å². The van der Waals surface area contributed by atoms with Crippen LogP contribution >= 0.6 is 11.6 Å². The summed E-state index contributed by atoms with van der Waals surface area (Å²) in [5, 5.41) is 3.61. The molecule has 0 saturated carbocycles. The number of piperidine rings is 1. The third-order valence-corrected chi connectivity index (χ3v) is 6.65. The maximum absolute atomic E-state index is 13.3. The number of carbonyl (C=O) groups is 3. The Hall–Kier alpha value is -2.86. The predicted molar refractivity (Wildman–Crippen MR) is 124 cm³/mol. The fourth-order valence-corrected chi connectivity index (χ4v) is 4.67. The smallest absolute Gasteiger partial charge is 0.253 e. The Kier molecular flexibility index (Phi) is 7.10. The van der Waals surface area contributed by atoms with Gasteiger partial charge in [0.05, 0.1) is 0 Å². The molecule has 1 atom stereocenters. The van der Waals surface area contributed by atoms with Crippen LogP contribution in [-0.4, -0.2) is 59.7 Å². The molecule has 6 nitrogen and oxygen atoms in total. The molecule has 0 aromatic heterocycles. The highest BCUT2D eigenvalue weighted by molar-refractivity contribution is 6.30. The Balaban J connectivity index is 1.44. The van der Waals surface area contributed by atoms with E-state index < -0.39 is 6.04 Å². The number of rotatable bonds is 5. The Bertz CT molecular complexity index is 950. The monoisotopic (exact) mass is 453 g/mol. The zero-order chi connectivity index (χ0) is 22.5. The minimum absolute atomic E-state index is 0.00532. The molecule has 0 unspecified atom stereocenters. The third-order valence-electron chi connectivity index (χ3n) is 6.40. The Morgan fingerprint density at radius 3 is 2.06 bits per heavy atom. The van der Waals surface area contributed by atoms with Crippen molar-refractivity contribution in [2.24, 2.45) is 5.92 Å². The number of hydrogen-bond donors (Lipinski definition) is 1. The minimum atomic E-state index is -0.575. The van der Waals surface area contributed by atoms with E-state index >= 15 is 0 Å². The predicted octanol–water partition coefficient (Wildman–Crippen LogP) is 3.61. The van der Waals surface area contributed by atoms with Crippen LogP contribution in [0.4, 0.5) is 0 Å². The third kappa shape index (κ3) is 5.13. The zero-order valence-electron chi connectivity index (χ0n) is 18.0. The molecule has 32 heavy (non-hydrogen) atoms. The molecule has 1 N–H and O–H groups in total. The summed E-state index contributed by atoms with van der Waals surface area (Å²) < 4.78 is 0. The minimum Gasteiger partial charge on any atom is -0.341 e. The van der Waals surface area contributed by atoms with Gasteiger partial charge in [0.15, 0.2) is 0 Å². The molecule has 0 bridgehead atoms. The molecule has 2 heterocycles. The molecule has 2 aliphatic heterocycles. The summed E-state index contributed by atoms with van der Waals surface area (Å²) in [4.78, 5) is 42.7. The summed E-state index contributed by atoms with van der Waals surface area (Å²) in [6, 6.07) is 15.3. The van der Waals surface area contributed by atoms with Crippen molar-refractivity contribution in [3.8, 4) is 0 Å². The van der Waals surface area contributed by atoms with Crippen molar-refractivity contribution >= 4 is 29.3 Å². The second-order valence-corrected chi connectivity index (χ2v) is 8.92. The van der Waals surface area contributed by atoms with Crippen LogP contribution in [0.15, 0.2) is 54.6 Å². The van der Waals surface area contributed by atoms with Crippen LogP contribution in [0.5, 0.6) is 0 Å². The maximum Gasteiger partial charge on any atom is 0.253 e. The first-order chi connectivity index (χ1) is 15.5. The molecule has 2 aromatic carbocycles. The number of hydrogen-bond acceptors (Lipinski definition) is 3. The lowest BCUT2D eigenvalue weighted by molar-refractivity contribution is -0.134. The van der Waals surface area contributed by atoms with E-state index in [1.165, 1.54) is 0 Å². The molecule has 168 valence electrons. The highest BCUT2D eigenvalue weighted by Crippen LogP contribution is 2.25. The summed E-state index contributed by atoms with van der Waals surface area (Å²) in [5.41, 5.74) is 1.15. The van der Waals surface area contributed by atoms with E-state index in [-0.39, 0.29) is 23.6 Å². The summed E-state index contributed by atoms with van der Waals surface area (Å²) in [6.45, 7) is 2.59. The average molecular weight is 454 g/mol. The fraction of sp³-hybridized carbons (Fsp3) is 0.400. The fourth-order valence-electron chi connectivity index (χ4n) is 4.54. The van der Waals surface area contributed by atoms with Crippen molar-refractivity contribution in [3.05, 3.63) is 70.7 Å². The number of amides is 3. The molecule has 2 fully saturated rings. The van der Waals surface area contributed by atoms with E-state index in [0.717, 1.165) is 25.9 Å². The SMILES string of the molecule is O=C(N[C@H](C(=O)N1CCCC1)C1CCN(C(=O)c2ccc(Cl)cc2)CC1)c1ccccc1. The van der Waals surface area contributed by atoms with Crippen LogP contribution in [0.1, 0.15) is 46.4 Å². The first-order valence-electron chi connectivity index (χ1n) is 11.2. The Morgan fingerprint density at radius 1 is 0.812 bits per heavy atom. The number of likely N-dealkylation sites (tertiary alicyclic amines) is 2. The molecular formula is C25H28ClN3O3. The van der Waals surface area contributed by atoms with E-state index in [9.17, 15) is 14.4 Å². The van der Waals surface area contributed by atoms with Gasteiger partial charge in [-0.25, -0.2) is 0 Å². The second-order valence-electron chi connectivity index (χ2n) is 8.49. The van der Waals surface area contributed by atoms with Crippen LogP contribution < -0.4 is 5.32 Å². The largest absolute Gasteiger partial charge is 0.341 e. The van der Waals surface area contributed by atoms with Gasteiger partial charge in [-0.3, -0.25) is 14.4 Å². The number of halogens is 1. The van der Waals surface area contributed by atoms with Crippen LogP contribution in [0.2, 0.25) is 5.02 Å². The van der Waals surface area contributed by atoms with E-state index in [1.54, 1.807) is 36.4 Å². The number of benzene rings is 2. The quantitative estimate of drug-likeness (QED) is 0.751. The van der Waals surface area contributed by atoms with Crippen molar-refractivity contribution < 1.29 is 14.4 Å². The summed E-state index contributed by atoms with van der Waals surface area (Å²) in [5.74, 6) is -0.280. The van der Waals surface area contributed by atoms with Gasteiger partial charge in [-0.2, -0.15) is 0 Å². The van der Waals surface area contributed by atoms with Gasteiger partial charge in [-0.1, -0.05) is 29.8 Å². The first kappa shape index (κ1) is 22.3. The Morgan fingerprint density at radius 2 is 1.44 bits per heavy atom. The Labute approximate surface area is 193 Å². The van der Waals surface area contributed by atoms with Crippen LogP contribution in [0.25, 0.3) is 0 Å². The number of carbonyl (C=O) groups excluding carboxylic acids is 3. The second kappa shape index (κ2) is 10.2. The topological polar surface area (TPSA) is 69.7 Å². The first-order valence-corrected chi connectivity index (χ1v) is 11.6.